The molecule has 0 amide bonds. The molecule has 0 aliphatic heterocycles. The Morgan fingerprint density at radius 2 is 1.76 bits per heavy atom. The predicted octanol–water partition coefficient (Wildman–Crippen LogP) is 3.86. The Balaban J connectivity index is 1.96. The summed E-state index contributed by atoms with van der Waals surface area (Å²) in [5.41, 5.74) is 6.63. The van der Waals surface area contributed by atoms with Gasteiger partial charge in [0.05, 0.1) is 19.2 Å². The Hall–Kier alpha value is -2.09. The van der Waals surface area contributed by atoms with Crippen molar-refractivity contribution in [1.29, 1.82) is 0 Å². The van der Waals surface area contributed by atoms with Crippen LogP contribution < -0.4 is 10.9 Å². The van der Waals surface area contributed by atoms with Gasteiger partial charge in [0.2, 0.25) is 0 Å². The van der Waals surface area contributed by atoms with Crippen molar-refractivity contribution in [3.8, 4) is 0 Å². The van der Waals surface area contributed by atoms with Crippen LogP contribution in [0.3, 0.4) is 0 Å². The first-order chi connectivity index (χ1) is 13.8. The highest BCUT2D eigenvalue weighted by Crippen LogP contribution is 2.26. The molecule has 5 nitrogen and oxygen atoms in total. The van der Waals surface area contributed by atoms with Gasteiger partial charge in [0.1, 0.15) is 0 Å². The third-order valence-electron chi connectivity index (χ3n) is 5.22. The SMILES string of the molecule is C[Si](C)(CCCSCC(CN)c1cc(C(=O)O)ccc1C(=O)O)c1ccccc1. The summed E-state index contributed by atoms with van der Waals surface area (Å²) in [5, 5.41) is 20.1. The van der Waals surface area contributed by atoms with Crippen LogP contribution in [0, 0.1) is 0 Å². The van der Waals surface area contributed by atoms with Crippen LogP contribution in [-0.2, 0) is 0 Å². The fourth-order valence-electron chi connectivity index (χ4n) is 3.39. The molecule has 2 aromatic carbocycles. The summed E-state index contributed by atoms with van der Waals surface area (Å²) in [6.45, 7) is 5.04. The maximum Gasteiger partial charge on any atom is 0.335 e. The molecule has 156 valence electrons. The molecule has 1 unspecified atom stereocenters. The zero-order chi connectivity index (χ0) is 21.4. The molecule has 0 saturated heterocycles. The number of nitrogens with two attached hydrogens (primary N) is 1. The molecule has 0 radical (unpaired) electrons. The van der Waals surface area contributed by atoms with Gasteiger partial charge < -0.3 is 15.9 Å². The molecule has 2 aromatic rings. The van der Waals surface area contributed by atoms with Gasteiger partial charge in [0.15, 0.2) is 0 Å². The molecule has 4 N–H and O–H groups in total. The molecule has 0 saturated carbocycles. The molecular weight excluding hydrogens is 402 g/mol. The fraction of sp³-hybridized carbons (Fsp3) is 0.364. The van der Waals surface area contributed by atoms with Gasteiger partial charge in [-0.05, 0) is 42.5 Å². The van der Waals surface area contributed by atoms with Crippen molar-refractivity contribution in [2.45, 2.75) is 31.5 Å². The van der Waals surface area contributed by atoms with Crippen molar-refractivity contribution in [3.05, 3.63) is 65.2 Å². The number of thioether (sulfide) groups is 1. The van der Waals surface area contributed by atoms with Crippen molar-refractivity contribution in [1.82, 2.24) is 0 Å². The van der Waals surface area contributed by atoms with E-state index in [2.05, 4.69) is 37.4 Å². The summed E-state index contributed by atoms with van der Waals surface area (Å²) in [7, 11) is -1.45. The molecular formula is C22H29NO4SSi. The maximum atomic E-state index is 11.6. The minimum absolute atomic E-state index is 0.0871. The van der Waals surface area contributed by atoms with Crippen LogP contribution in [0.1, 0.15) is 38.6 Å². The van der Waals surface area contributed by atoms with Crippen LogP contribution in [0.4, 0.5) is 0 Å². The van der Waals surface area contributed by atoms with Gasteiger partial charge in [-0.15, -0.1) is 0 Å². The normalized spacial score (nSPS) is 12.5. The summed E-state index contributed by atoms with van der Waals surface area (Å²) in [6.07, 6.45) is 1.09. The second-order valence-corrected chi connectivity index (χ2v) is 13.8. The molecule has 0 bridgehead atoms. The lowest BCUT2D eigenvalue weighted by molar-refractivity contribution is 0.0680. The third-order valence-corrected chi connectivity index (χ3v) is 9.93. The average Bonchev–Trinajstić information content (AvgIpc) is 2.70. The van der Waals surface area contributed by atoms with Crippen molar-refractivity contribution in [2.24, 2.45) is 5.73 Å². The van der Waals surface area contributed by atoms with Gasteiger partial charge in [-0.1, -0.05) is 54.7 Å². The van der Waals surface area contributed by atoms with E-state index in [-0.39, 0.29) is 23.6 Å². The van der Waals surface area contributed by atoms with E-state index < -0.39 is 20.0 Å². The topological polar surface area (TPSA) is 101 Å². The van der Waals surface area contributed by atoms with E-state index in [1.54, 1.807) is 11.8 Å². The lowest BCUT2D eigenvalue weighted by Crippen LogP contribution is -2.40. The van der Waals surface area contributed by atoms with Crippen LogP contribution in [-0.4, -0.2) is 48.3 Å². The molecule has 1 atom stereocenters. The van der Waals surface area contributed by atoms with Crippen molar-refractivity contribution in [3.63, 3.8) is 0 Å². The van der Waals surface area contributed by atoms with E-state index in [0.29, 0.717) is 11.3 Å². The van der Waals surface area contributed by atoms with E-state index in [4.69, 9.17) is 5.73 Å². The Bertz CT molecular complexity index is 842. The highest BCUT2D eigenvalue weighted by atomic mass is 32.2. The van der Waals surface area contributed by atoms with Gasteiger partial charge in [-0.25, -0.2) is 9.59 Å². The highest BCUT2D eigenvalue weighted by Gasteiger charge is 2.23. The monoisotopic (exact) mass is 431 g/mol. The molecule has 0 heterocycles. The Morgan fingerprint density at radius 3 is 2.34 bits per heavy atom. The van der Waals surface area contributed by atoms with E-state index >= 15 is 0 Å². The third kappa shape index (κ3) is 6.45. The average molecular weight is 432 g/mol. The smallest absolute Gasteiger partial charge is 0.335 e. The number of carboxylic acids is 2. The zero-order valence-electron chi connectivity index (χ0n) is 16.9. The summed E-state index contributed by atoms with van der Waals surface area (Å²) in [5.74, 6) is -0.672. The van der Waals surface area contributed by atoms with E-state index in [1.807, 2.05) is 6.07 Å². The van der Waals surface area contributed by atoms with E-state index in [0.717, 1.165) is 12.2 Å². The summed E-state index contributed by atoms with van der Waals surface area (Å²) in [6, 6.07) is 16.0. The molecule has 0 aliphatic carbocycles. The fourth-order valence-corrected chi connectivity index (χ4v) is 7.20. The van der Waals surface area contributed by atoms with Crippen molar-refractivity contribution in [2.75, 3.05) is 18.1 Å². The van der Waals surface area contributed by atoms with Crippen LogP contribution in [0.25, 0.3) is 0 Å². The second kappa shape index (κ2) is 10.6. The first-order valence-electron chi connectivity index (χ1n) is 9.70. The van der Waals surface area contributed by atoms with E-state index in [1.165, 1.54) is 29.4 Å². The number of carbonyl (C=O) groups is 2. The molecule has 2 rings (SSSR count). The molecule has 0 spiro atoms. The zero-order valence-corrected chi connectivity index (χ0v) is 18.7. The first-order valence-corrected chi connectivity index (χ1v) is 14.1. The summed E-state index contributed by atoms with van der Waals surface area (Å²) in [4.78, 5) is 22.8. The first kappa shape index (κ1) is 23.2. The van der Waals surface area contributed by atoms with Crippen LogP contribution in [0.2, 0.25) is 19.1 Å². The number of hydrogen-bond donors (Lipinski definition) is 3. The molecule has 0 aliphatic rings. The quantitative estimate of drug-likeness (QED) is 0.369. The van der Waals surface area contributed by atoms with Crippen LogP contribution >= 0.6 is 11.8 Å². The van der Waals surface area contributed by atoms with Gasteiger partial charge in [0.25, 0.3) is 0 Å². The predicted molar refractivity (Wildman–Crippen MR) is 122 cm³/mol. The Kier molecular flexibility index (Phi) is 8.49. The number of aromatic carboxylic acids is 2. The molecule has 7 heteroatoms. The molecule has 29 heavy (non-hydrogen) atoms. The lowest BCUT2D eigenvalue weighted by Gasteiger charge is -2.23. The Morgan fingerprint density at radius 1 is 1.07 bits per heavy atom. The number of rotatable bonds is 11. The second-order valence-electron chi connectivity index (χ2n) is 7.77. The number of hydrogen-bond acceptors (Lipinski definition) is 4. The van der Waals surface area contributed by atoms with E-state index in [9.17, 15) is 19.8 Å². The maximum absolute atomic E-state index is 11.6. The standard InChI is InChI=1S/C22H29NO4SSi/c1-29(2,18-7-4-3-5-8-18)12-6-11-28-15-17(14-23)20-13-16(21(24)25)9-10-19(20)22(26)27/h3-5,7-10,13,17H,6,11-12,14-15,23H2,1-2H3,(H,24,25)(H,26,27). The minimum atomic E-state index is -1.45. The van der Waals surface area contributed by atoms with Crippen LogP contribution in [0.15, 0.2) is 48.5 Å². The lowest BCUT2D eigenvalue weighted by atomic mass is 9.93. The minimum Gasteiger partial charge on any atom is -0.478 e. The van der Waals surface area contributed by atoms with Gasteiger partial charge in [-0.3, -0.25) is 0 Å². The highest BCUT2D eigenvalue weighted by molar-refractivity contribution is 7.99. The van der Waals surface area contributed by atoms with Gasteiger partial charge in [-0.2, -0.15) is 11.8 Å². The van der Waals surface area contributed by atoms with Crippen molar-refractivity contribution < 1.29 is 19.8 Å². The van der Waals surface area contributed by atoms with Gasteiger partial charge >= 0.3 is 11.9 Å². The number of carboxylic acid groups (broad SMARTS) is 2. The van der Waals surface area contributed by atoms with Crippen molar-refractivity contribution >= 4 is 37.0 Å². The van der Waals surface area contributed by atoms with Gasteiger partial charge in [0, 0.05) is 11.7 Å². The summed E-state index contributed by atoms with van der Waals surface area (Å²) < 4.78 is 0. The van der Waals surface area contributed by atoms with Crippen LogP contribution in [0.5, 0.6) is 0 Å². The molecule has 0 fully saturated rings. The number of benzene rings is 2. The summed E-state index contributed by atoms with van der Waals surface area (Å²) >= 11 is 1.75. The largest absolute Gasteiger partial charge is 0.478 e. The molecule has 0 aromatic heterocycles. The Labute approximate surface area is 177 Å².